The summed E-state index contributed by atoms with van der Waals surface area (Å²) in [7, 11) is 0. The summed E-state index contributed by atoms with van der Waals surface area (Å²) in [5.41, 5.74) is 0. The summed E-state index contributed by atoms with van der Waals surface area (Å²) in [6.07, 6.45) is 0. The Balaban J connectivity index is 3.07. The first-order valence-electron chi connectivity index (χ1n) is 7.69. The fourth-order valence-corrected chi connectivity index (χ4v) is 1.45. The Morgan fingerprint density at radius 3 is 1.95 bits per heavy atom. The fourth-order valence-electron chi connectivity index (χ4n) is 1.45. The molecule has 0 aromatic heterocycles. The first-order chi connectivity index (χ1) is 10.2. The molecule has 0 aliphatic heterocycles. The fraction of sp³-hybridized carbons (Fsp3) is 0.867. The lowest BCUT2D eigenvalue weighted by Gasteiger charge is -2.14. The SMILES string of the molecule is C=C(NC(C)C)OCCOCCOCCOCCNCC. The Bertz CT molecular complexity index is 238. The smallest absolute Gasteiger partial charge is 0.179 e. The molecule has 21 heavy (non-hydrogen) atoms. The average molecular weight is 304 g/mol. The minimum absolute atomic E-state index is 0.326. The normalized spacial score (nSPS) is 10.9. The van der Waals surface area contributed by atoms with E-state index in [0.29, 0.717) is 51.6 Å². The van der Waals surface area contributed by atoms with Gasteiger partial charge in [-0.25, -0.2) is 0 Å². The van der Waals surface area contributed by atoms with Crippen LogP contribution in [0, 0.1) is 0 Å². The highest BCUT2D eigenvalue weighted by Crippen LogP contribution is 1.91. The van der Waals surface area contributed by atoms with Crippen LogP contribution in [0.25, 0.3) is 0 Å². The van der Waals surface area contributed by atoms with Crippen molar-refractivity contribution in [2.45, 2.75) is 26.8 Å². The van der Waals surface area contributed by atoms with Crippen LogP contribution in [-0.2, 0) is 18.9 Å². The molecule has 0 bridgehead atoms. The van der Waals surface area contributed by atoms with Gasteiger partial charge in [-0.05, 0) is 27.0 Å². The van der Waals surface area contributed by atoms with Gasteiger partial charge in [-0.2, -0.15) is 0 Å². The summed E-state index contributed by atoms with van der Waals surface area (Å²) in [6, 6.07) is 0.326. The number of ether oxygens (including phenoxy) is 4. The van der Waals surface area contributed by atoms with Crippen molar-refractivity contribution in [3.05, 3.63) is 12.5 Å². The molecular weight excluding hydrogens is 272 g/mol. The highest BCUT2D eigenvalue weighted by atomic mass is 16.6. The second kappa shape index (κ2) is 15.6. The zero-order chi connectivity index (χ0) is 15.8. The molecule has 0 heterocycles. The zero-order valence-corrected chi connectivity index (χ0v) is 13.8. The van der Waals surface area contributed by atoms with Crippen molar-refractivity contribution in [1.82, 2.24) is 10.6 Å². The van der Waals surface area contributed by atoms with Crippen LogP contribution in [-0.4, -0.2) is 65.4 Å². The predicted molar refractivity (Wildman–Crippen MR) is 84.4 cm³/mol. The summed E-state index contributed by atoms with van der Waals surface area (Å²) >= 11 is 0. The van der Waals surface area contributed by atoms with Gasteiger partial charge in [0, 0.05) is 12.6 Å². The Labute approximate surface area is 129 Å². The Kier molecular flexibility index (Phi) is 15.0. The van der Waals surface area contributed by atoms with Gasteiger partial charge >= 0.3 is 0 Å². The van der Waals surface area contributed by atoms with Gasteiger partial charge in [-0.3, -0.25) is 0 Å². The summed E-state index contributed by atoms with van der Waals surface area (Å²) < 4.78 is 21.5. The van der Waals surface area contributed by atoms with Crippen molar-refractivity contribution in [3.8, 4) is 0 Å². The molecular formula is C15H32N2O4. The van der Waals surface area contributed by atoms with Gasteiger partial charge < -0.3 is 29.6 Å². The summed E-state index contributed by atoms with van der Waals surface area (Å²) in [6.45, 7) is 15.9. The summed E-state index contributed by atoms with van der Waals surface area (Å²) in [5.74, 6) is 0.583. The first kappa shape index (κ1) is 20.2. The minimum atomic E-state index is 0.326. The van der Waals surface area contributed by atoms with E-state index in [2.05, 4.69) is 24.1 Å². The molecule has 126 valence electrons. The Morgan fingerprint density at radius 1 is 0.905 bits per heavy atom. The van der Waals surface area contributed by atoms with Crippen molar-refractivity contribution in [2.24, 2.45) is 0 Å². The molecule has 0 unspecified atom stereocenters. The van der Waals surface area contributed by atoms with Crippen molar-refractivity contribution >= 4 is 0 Å². The van der Waals surface area contributed by atoms with Gasteiger partial charge in [0.05, 0.1) is 39.6 Å². The van der Waals surface area contributed by atoms with E-state index >= 15 is 0 Å². The molecule has 0 fully saturated rings. The second-order valence-electron chi connectivity index (χ2n) is 4.76. The zero-order valence-electron chi connectivity index (χ0n) is 13.8. The van der Waals surface area contributed by atoms with Crippen molar-refractivity contribution in [2.75, 3.05) is 59.3 Å². The minimum Gasteiger partial charge on any atom is -0.477 e. The molecule has 6 nitrogen and oxygen atoms in total. The van der Waals surface area contributed by atoms with E-state index < -0.39 is 0 Å². The number of rotatable bonds is 16. The lowest BCUT2D eigenvalue weighted by molar-refractivity contribution is 0.00423. The van der Waals surface area contributed by atoms with Gasteiger partial charge in [0.15, 0.2) is 5.88 Å². The third-order valence-corrected chi connectivity index (χ3v) is 2.37. The van der Waals surface area contributed by atoms with Gasteiger partial charge in [0.1, 0.15) is 6.61 Å². The molecule has 0 spiro atoms. The van der Waals surface area contributed by atoms with Crippen LogP contribution in [0.15, 0.2) is 12.5 Å². The number of hydrogen-bond donors (Lipinski definition) is 2. The van der Waals surface area contributed by atoms with E-state index in [1.165, 1.54) is 0 Å². The van der Waals surface area contributed by atoms with Gasteiger partial charge in [0.2, 0.25) is 0 Å². The first-order valence-corrected chi connectivity index (χ1v) is 7.69. The summed E-state index contributed by atoms with van der Waals surface area (Å²) in [5, 5.41) is 6.26. The van der Waals surface area contributed by atoms with E-state index in [1.807, 2.05) is 13.8 Å². The van der Waals surface area contributed by atoms with Gasteiger partial charge in [-0.15, -0.1) is 0 Å². The van der Waals surface area contributed by atoms with Crippen molar-refractivity contribution < 1.29 is 18.9 Å². The predicted octanol–water partition coefficient (Wildman–Crippen LogP) is 1.13. The van der Waals surface area contributed by atoms with Crippen LogP contribution in [0.3, 0.4) is 0 Å². The van der Waals surface area contributed by atoms with E-state index in [-0.39, 0.29) is 0 Å². The van der Waals surface area contributed by atoms with Gasteiger partial charge in [0.25, 0.3) is 0 Å². The second-order valence-corrected chi connectivity index (χ2v) is 4.76. The van der Waals surface area contributed by atoms with Crippen LogP contribution in [0.5, 0.6) is 0 Å². The molecule has 0 aromatic carbocycles. The molecule has 0 saturated heterocycles. The third-order valence-electron chi connectivity index (χ3n) is 2.37. The van der Waals surface area contributed by atoms with Crippen LogP contribution in [0.4, 0.5) is 0 Å². The molecule has 0 radical (unpaired) electrons. The summed E-state index contributed by atoms with van der Waals surface area (Å²) in [4.78, 5) is 0. The van der Waals surface area contributed by atoms with Crippen LogP contribution in [0.1, 0.15) is 20.8 Å². The molecule has 0 saturated carbocycles. The van der Waals surface area contributed by atoms with Crippen LogP contribution in [0.2, 0.25) is 0 Å². The topological polar surface area (TPSA) is 61.0 Å². The highest BCUT2D eigenvalue weighted by Gasteiger charge is 1.97. The van der Waals surface area contributed by atoms with E-state index in [9.17, 15) is 0 Å². The molecule has 0 aliphatic rings. The molecule has 0 aliphatic carbocycles. The average Bonchev–Trinajstić information content (AvgIpc) is 2.43. The van der Waals surface area contributed by atoms with Gasteiger partial charge in [-0.1, -0.05) is 6.92 Å². The monoisotopic (exact) mass is 304 g/mol. The Morgan fingerprint density at radius 2 is 1.43 bits per heavy atom. The van der Waals surface area contributed by atoms with E-state index in [4.69, 9.17) is 18.9 Å². The maximum Gasteiger partial charge on any atom is 0.179 e. The number of nitrogens with one attached hydrogen (secondary N) is 2. The van der Waals surface area contributed by atoms with Crippen molar-refractivity contribution in [1.29, 1.82) is 0 Å². The van der Waals surface area contributed by atoms with Crippen molar-refractivity contribution in [3.63, 3.8) is 0 Å². The molecule has 0 rings (SSSR count). The standard InChI is InChI=1S/C15H32N2O4/c1-5-16-6-7-18-8-9-19-10-11-20-12-13-21-15(4)17-14(2)3/h14,16-17H,4-13H2,1-3H3. The van der Waals surface area contributed by atoms with E-state index in [1.54, 1.807) is 0 Å². The van der Waals surface area contributed by atoms with Crippen LogP contribution < -0.4 is 10.6 Å². The largest absolute Gasteiger partial charge is 0.477 e. The molecule has 0 amide bonds. The number of hydrogen-bond acceptors (Lipinski definition) is 6. The molecule has 0 atom stereocenters. The maximum atomic E-state index is 5.38. The lowest BCUT2D eigenvalue weighted by atomic mass is 10.4. The number of likely N-dealkylation sites (N-methyl/N-ethyl adjacent to an activating group) is 1. The Hall–Kier alpha value is -0.820. The third kappa shape index (κ3) is 17.1. The van der Waals surface area contributed by atoms with Crippen LogP contribution >= 0.6 is 0 Å². The molecule has 2 N–H and O–H groups in total. The quantitative estimate of drug-likeness (QED) is 0.329. The lowest BCUT2D eigenvalue weighted by Crippen LogP contribution is -2.24. The maximum absolute atomic E-state index is 5.38. The molecule has 6 heteroatoms. The van der Waals surface area contributed by atoms with E-state index in [0.717, 1.165) is 19.7 Å². The highest BCUT2D eigenvalue weighted by molar-refractivity contribution is 4.80. The molecule has 0 aromatic rings.